The Morgan fingerprint density at radius 3 is 2.70 bits per heavy atom. The quantitative estimate of drug-likeness (QED) is 0.646. The van der Waals surface area contributed by atoms with Gasteiger partial charge in [-0.25, -0.2) is 0 Å². The summed E-state index contributed by atoms with van der Waals surface area (Å²) >= 11 is 0. The van der Waals surface area contributed by atoms with Gasteiger partial charge in [0.25, 0.3) is 5.69 Å². The lowest BCUT2D eigenvalue weighted by atomic mass is 10.2. The first-order chi connectivity index (χ1) is 9.69. The van der Waals surface area contributed by atoms with Gasteiger partial charge in [0.1, 0.15) is 5.75 Å². The summed E-state index contributed by atoms with van der Waals surface area (Å²) in [6.07, 6.45) is 4.30. The van der Waals surface area contributed by atoms with Gasteiger partial charge in [-0.3, -0.25) is 15.1 Å². The molecule has 0 radical (unpaired) electrons. The summed E-state index contributed by atoms with van der Waals surface area (Å²) in [6, 6.07) is 8.51. The number of nitrogens with one attached hydrogen (secondary N) is 1. The number of nitro benzene ring substituents is 1. The Bertz CT molecular complexity index is 587. The first kappa shape index (κ1) is 13.8. The van der Waals surface area contributed by atoms with E-state index in [2.05, 4.69) is 10.3 Å². The van der Waals surface area contributed by atoms with E-state index < -0.39 is 4.92 Å². The number of aromatic nitrogens is 1. The third-order valence-electron chi connectivity index (χ3n) is 2.83. The first-order valence-corrected chi connectivity index (χ1v) is 6.15. The molecule has 0 aliphatic rings. The zero-order chi connectivity index (χ0) is 14.4. The van der Waals surface area contributed by atoms with E-state index in [9.17, 15) is 10.1 Å². The van der Waals surface area contributed by atoms with Gasteiger partial charge in [0.05, 0.1) is 18.1 Å². The van der Waals surface area contributed by atoms with E-state index in [4.69, 9.17) is 4.74 Å². The smallest absolute Gasteiger partial charge is 0.275 e. The van der Waals surface area contributed by atoms with Crippen LogP contribution in [-0.4, -0.2) is 23.6 Å². The maximum absolute atomic E-state index is 10.8. The monoisotopic (exact) mass is 273 g/mol. The summed E-state index contributed by atoms with van der Waals surface area (Å²) in [4.78, 5) is 14.4. The molecular formula is C14H15N3O3. The molecule has 0 atom stereocenters. The number of nitro groups is 1. The van der Waals surface area contributed by atoms with Gasteiger partial charge >= 0.3 is 0 Å². The molecule has 104 valence electrons. The van der Waals surface area contributed by atoms with Crippen LogP contribution in [0.15, 0.2) is 42.7 Å². The second-order valence-corrected chi connectivity index (χ2v) is 4.21. The fourth-order valence-corrected chi connectivity index (χ4v) is 1.81. The fraction of sp³-hybridized carbons (Fsp3) is 0.214. The minimum Gasteiger partial charge on any atom is -0.496 e. The van der Waals surface area contributed by atoms with Crippen LogP contribution in [0.3, 0.4) is 0 Å². The molecule has 2 rings (SSSR count). The molecule has 6 heteroatoms. The highest BCUT2D eigenvalue weighted by Crippen LogP contribution is 2.25. The van der Waals surface area contributed by atoms with E-state index in [-0.39, 0.29) is 5.69 Å². The molecule has 0 saturated carbocycles. The number of rotatable bonds is 6. The predicted molar refractivity (Wildman–Crippen MR) is 76.1 cm³/mol. The van der Waals surface area contributed by atoms with Gasteiger partial charge in [0.2, 0.25) is 0 Å². The van der Waals surface area contributed by atoms with Crippen LogP contribution in [0.1, 0.15) is 5.56 Å². The molecule has 0 unspecified atom stereocenters. The van der Waals surface area contributed by atoms with E-state index in [1.54, 1.807) is 18.5 Å². The summed E-state index contributed by atoms with van der Waals surface area (Å²) in [5.41, 5.74) is 1.84. The lowest BCUT2D eigenvalue weighted by Crippen LogP contribution is -2.05. The Labute approximate surface area is 116 Å². The summed E-state index contributed by atoms with van der Waals surface area (Å²) in [5, 5.41) is 14.0. The highest BCUT2D eigenvalue weighted by Gasteiger charge is 2.09. The minimum absolute atomic E-state index is 0.00996. The topological polar surface area (TPSA) is 77.3 Å². The Balaban J connectivity index is 2.02. The average Bonchev–Trinajstić information content (AvgIpc) is 2.48. The number of hydrogen-bond donors (Lipinski definition) is 1. The molecule has 0 amide bonds. The number of methoxy groups -OCH3 is 1. The van der Waals surface area contributed by atoms with Crippen molar-refractivity contribution in [3.05, 3.63) is 58.4 Å². The van der Waals surface area contributed by atoms with Crippen LogP contribution in [0, 0.1) is 10.1 Å². The maximum Gasteiger partial charge on any atom is 0.275 e. The molecule has 1 heterocycles. The summed E-state index contributed by atoms with van der Waals surface area (Å²) in [7, 11) is 1.49. The lowest BCUT2D eigenvalue weighted by molar-refractivity contribution is -0.384. The number of ether oxygens (including phenoxy) is 1. The lowest BCUT2D eigenvalue weighted by Gasteiger charge is -2.08. The van der Waals surface area contributed by atoms with Crippen LogP contribution in [0.2, 0.25) is 0 Å². The molecule has 1 aromatic carbocycles. The van der Waals surface area contributed by atoms with Crippen molar-refractivity contribution in [2.75, 3.05) is 19.0 Å². The van der Waals surface area contributed by atoms with Crippen molar-refractivity contribution in [2.24, 2.45) is 0 Å². The highest BCUT2D eigenvalue weighted by atomic mass is 16.6. The average molecular weight is 273 g/mol. The van der Waals surface area contributed by atoms with Crippen LogP contribution in [0.25, 0.3) is 0 Å². The van der Waals surface area contributed by atoms with Crippen LogP contribution < -0.4 is 10.1 Å². The van der Waals surface area contributed by atoms with Gasteiger partial charge in [-0.05, 0) is 24.1 Å². The number of hydrogen-bond acceptors (Lipinski definition) is 5. The van der Waals surface area contributed by atoms with E-state index in [0.29, 0.717) is 18.0 Å². The van der Waals surface area contributed by atoms with Gasteiger partial charge in [-0.2, -0.15) is 0 Å². The van der Waals surface area contributed by atoms with Gasteiger partial charge in [0, 0.05) is 36.8 Å². The van der Waals surface area contributed by atoms with Gasteiger partial charge in [-0.15, -0.1) is 0 Å². The largest absolute Gasteiger partial charge is 0.496 e. The predicted octanol–water partition coefficient (Wildman–Crippen LogP) is 2.65. The van der Waals surface area contributed by atoms with Crippen molar-refractivity contribution >= 4 is 11.4 Å². The fourth-order valence-electron chi connectivity index (χ4n) is 1.81. The second-order valence-electron chi connectivity index (χ2n) is 4.21. The van der Waals surface area contributed by atoms with Crippen LogP contribution in [0.5, 0.6) is 5.75 Å². The molecule has 0 fully saturated rings. The summed E-state index contributed by atoms with van der Waals surface area (Å²) < 4.78 is 5.06. The van der Waals surface area contributed by atoms with Crippen molar-refractivity contribution < 1.29 is 9.66 Å². The van der Waals surface area contributed by atoms with Crippen molar-refractivity contribution in [1.29, 1.82) is 0 Å². The van der Waals surface area contributed by atoms with Crippen LogP contribution >= 0.6 is 0 Å². The van der Waals surface area contributed by atoms with Crippen molar-refractivity contribution in [1.82, 2.24) is 4.98 Å². The number of nitrogens with zero attached hydrogens (tertiary/aromatic N) is 2. The molecule has 0 aliphatic heterocycles. The first-order valence-electron chi connectivity index (χ1n) is 6.15. The number of non-ortho nitro benzene ring substituents is 1. The number of anilines is 1. The number of pyridine rings is 1. The Morgan fingerprint density at radius 2 is 2.05 bits per heavy atom. The second kappa shape index (κ2) is 6.51. The summed E-state index contributed by atoms with van der Waals surface area (Å²) in [6.45, 7) is 0.675. The zero-order valence-electron chi connectivity index (χ0n) is 11.1. The molecule has 1 N–H and O–H groups in total. The third kappa shape index (κ3) is 3.68. The Kier molecular flexibility index (Phi) is 4.49. The third-order valence-corrected chi connectivity index (χ3v) is 2.83. The molecule has 6 nitrogen and oxygen atoms in total. The normalized spacial score (nSPS) is 10.1. The van der Waals surface area contributed by atoms with Crippen LogP contribution in [-0.2, 0) is 6.42 Å². The maximum atomic E-state index is 10.8. The van der Waals surface area contributed by atoms with Crippen LogP contribution in [0.4, 0.5) is 11.4 Å². The molecule has 2 aromatic rings. The van der Waals surface area contributed by atoms with E-state index in [1.165, 1.54) is 19.2 Å². The van der Waals surface area contributed by atoms with E-state index in [1.807, 2.05) is 12.1 Å². The minimum atomic E-state index is -0.434. The molecule has 1 aromatic heterocycles. The van der Waals surface area contributed by atoms with Crippen molar-refractivity contribution in [3.63, 3.8) is 0 Å². The van der Waals surface area contributed by atoms with E-state index >= 15 is 0 Å². The Morgan fingerprint density at radius 1 is 1.30 bits per heavy atom. The Hall–Kier alpha value is -2.63. The standard InChI is InChI=1S/C14H15N3O3/c1-20-14-9-12(8-13(10-14)17(18)19)16-7-4-11-2-5-15-6-3-11/h2-3,5-6,8-10,16H,4,7H2,1H3. The highest BCUT2D eigenvalue weighted by molar-refractivity contribution is 5.56. The van der Waals surface area contributed by atoms with Crippen molar-refractivity contribution in [3.8, 4) is 5.75 Å². The SMILES string of the molecule is COc1cc(NCCc2ccncc2)cc([N+](=O)[O-])c1. The summed E-state index contributed by atoms with van der Waals surface area (Å²) in [5.74, 6) is 0.464. The van der Waals surface area contributed by atoms with Gasteiger partial charge in [-0.1, -0.05) is 0 Å². The molecule has 0 bridgehead atoms. The molecular weight excluding hydrogens is 258 g/mol. The molecule has 20 heavy (non-hydrogen) atoms. The molecule has 0 saturated heterocycles. The van der Waals surface area contributed by atoms with E-state index in [0.717, 1.165) is 12.0 Å². The molecule has 0 spiro atoms. The van der Waals surface area contributed by atoms with Crippen molar-refractivity contribution in [2.45, 2.75) is 6.42 Å². The zero-order valence-corrected chi connectivity index (χ0v) is 11.1. The number of benzene rings is 1. The molecule has 0 aliphatic carbocycles. The van der Waals surface area contributed by atoms with Gasteiger partial charge in [0.15, 0.2) is 0 Å². The van der Waals surface area contributed by atoms with Gasteiger partial charge < -0.3 is 10.1 Å².